The number of methoxy groups -OCH3 is 1. The average Bonchev–Trinajstić information content (AvgIpc) is 3.25. The van der Waals surface area contributed by atoms with Crippen LogP contribution in [0.2, 0.25) is 0 Å². The number of carboxylic acid groups (broad SMARTS) is 1. The highest BCUT2D eigenvalue weighted by Gasteiger charge is 2.43. The largest absolute Gasteiger partial charge is 0.481 e. The fourth-order valence-corrected chi connectivity index (χ4v) is 3.19. The third-order valence-electron chi connectivity index (χ3n) is 4.67. The molecule has 0 unspecified atom stereocenters. The van der Waals surface area contributed by atoms with E-state index in [9.17, 15) is 9.90 Å². The van der Waals surface area contributed by atoms with Crippen LogP contribution in [-0.2, 0) is 9.53 Å². The predicted molar refractivity (Wildman–Crippen MR) is 78.9 cm³/mol. The number of piperidine rings is 1. The van der Waals surface area contributed by atoms with Gasteiger partial charge in [-0.15, -0.1) is 0 Å². The van der Waals surface area contributed by atoms with Gasteiger partial charge >= 0.3 is 5.97 Å². The molecule has 122 valence electrons. The van der Waals surface area contributed by atoms with E-state index in [0.717, 1.165) is 32.2 Å². The van der Waals surface area contributed by atoms with Crippen molar-refractivity contribution in [2.45, 2.75) is 44.4 Å². The first-order valence-electron chi connectivity index (χ1n) is 7.95. The molecule has 1 N–H and O–H groups in total. The van der Waals surface area contributed by atoms with E-state index in [0.29, 0.717) is 43.8 Å². The number of hydrogen-bond acceptors (Lipinski definition) is 6. The van der Waals surface area contributed by atoms with Gasteiger partial charge in [0.25, 0.3) is 5.95 Å². The maximum absolute atomic E-state index is 11.8. The van der Waals surface area contributed by atoms with E-state index in [2.05, 4.69) is 10.1 Å². The van der Waals surface area contributed by atoms with Gasteiger partial charge < -0.3 is 19.3 Å². The van der Waals surface area contributed by atoms with Gasteiger partial charge in [-0.1, -0.05) is 0 Å². The van der Waals surface area contributed by atoms with Gasteiger partial charge in [0.05, 0.1) is 5.41 Å². The molecule has 22 heavy (non-hydrogen) atoms. The van der Waals surface area contributed by atoms with Crippen LogP contribution in [0.5, 0.6) is 0 Å². The molecular weight excluding hydrogens is 286 g/mol. The molecule has 2 heterocycles. The Morgan fingerprint density at radius 3 is 3.05 bits per heavy atom. The summed E-state index contributed by atoms with van der Waals surface area (Å²) in [6.45, 7) is 1.81. The van der Waals surface area contributed by atoms with Crippen LogP contribution < -0.4 is 4.90 Å². The summed E-state index contributed by atoms with van der Waals surface area (Å²) in [5, 5.41) is 13.8. The number of aliphatic carboxylic acids is 1. The normalized spacial score (nSPS) is 25.4. The fraction of sp³-hybridized carbons (Fsp3) is 0.800. The van der Waals surface area contributed by atoms with E-state index in [1.54, 1.807) is 7.11 Å². The van der Waals surface area contributed by atoms with Crippen molar-refractivity contribution in [3.8, 4) is 0 Å². The van der Waals surface area contributed by atoms with Crippen LogP contribution in [0.25, 0.3) is 0 Å². The number of hydrogen-bond donors (Lipinski definition) is 1. The number of ether oxygens (including phenoxy) is 1. The van der Waals surface area contributed by atoms with Crippen molar-refractivity contribution in [3.63, 3.8) is 0 Å². The molecule has 0 radical (unpaired) electrons. The molecule has 1 saturated heterocycles. The standard InChI is InChI=1S/C15H23N3O4/c1-21-9-3-7-15(13(19)20)6-2-8-18(10-15)14-16-12(22-17-14)11-4-5-11/h11H,2-10H2,1H3,(H,19,20)/t15-/m0/s1. The van der Waals surface area contributed by atoms with Crippen molar-refractivity contribution >= 4 is 11.9 Å². The second-order valence-electron chi connectivity index (χ2n) is 6.41. The van der Waals surface area contributed by atoms with Gasteiger partial charge in [-0.25, -0.2) is 0 Å². The molecule has 1 atom stereocenters. The summed E-state index contributed by atoms with van der Waals surface area (Å²) in [6.07, 6.45) is 5.09. The minimum Gasteiger partial charge on any atom is -0.481 e. The summed E-state index contributed by atoms with van der Waals surface area (Å²) in [5.41, 5.74) is -0.739. The van der Waals surface area contributed by atoms with Gasteiger partial charge in [0, 0.05) is 32.7 Å². The Hall–Kier alpha value is -1.63. The molecule has 0 spiro atoms. The maximum Gasteiger partial charge on any atom is 0.311 e. The first-order chi connectivity index (χ1) is 10.6. The van der Waals surface area contributed by atoms with Crippen LogP contribution in [0.3, 0.4) is 0 Å². The lowest BCUT2D eigenvalue weighted by Gasteiger charge is -2.39. The van der Waals surface area contributed by atoms with E-state index in [1.807, 2.05) is 4.90 Å². The molecule has 0 bridgehead atoms. The molecule has 1 aliphatic heterocycles. The number of anilines is 1. The Morgan fingerprint density at radius 1 is 1.55 bits per heavy atom. The second kappa shape index (κ2) is 6.24. The van der Waals surface area contributed by atoms with Crippen molar-refractivity contribution in [2.24, 2.45) is 5.41 Å². The second-order valence-corrected chi connectivity index (χ2v) is 6.41. The molecule has 0 aromatic carbocycles. The summed E-state index contributed by atoms with van der Waals surface area (Å²) >= 11 is 0. The van der Waals surface area contributed by atoms with E-state index in [4.69, 9.17) is 9.26 Å². The van der Waals surface area contributed by atoms with Crippen molar-refractivity contribution in [1.29, 1.82) is 0 Å². The highest BCUT2D eigenvalue weighted by Crippen LogP contribution is 2.40. The molecule has 7 heteroatoms. The first kappa shape index (κ1) is 15.3. The Morgan fingerprint density at radius 2 is 2.36 bits per heavy atom. The van der Waals surface area contributed by atoms with E-state index in [1.165, 1.54) is 0 Å². The Bertz CT molecular complexity index is 529. The molecular formula is C15H23N3O4. The lowest BCUT2D eigenvalue weighted by molar-refractivity contribution is -0.150. The molecule has 1 aromatic heterocycles. The van der Waals surface area contributed by atoms with Gasteiger partial charge in [0.1, 0.15) is 0 Å². The van der Waals surface area contributed by atoms with Crippen LogP contribution in [0.1, 0.15) is 50.3 Å². The summed E-state index contributed by atoms with van der Waals surface area (Å²) < 4.78 is 10.4. The zero-order valence-corrected chi connectivity index (χ0v) is 13.0. The minimum atomic E-state index is -0.739. The number of aromatic nitrogens is 2. The summed E-state index contributed by atoms with van der Waals surface area (Å²) in [6, 6.07) is 0. The molecule has 1 aromatic rings. The summed E-state index contributed by atoms with van der Waals surface area (Å²) in [7, 11) is 1.64. The lowest BCUT2D eigenvalue weighted by Crippen LogP contribution is -2.48. The third-order valence-corrected chi connectivity index (χ3v) is 4.67. The number of carbonyl (C=O) groups is 1. The Kier molecular flexibility index (Phi) is 4.33. The Balaban J connectivity index is 1.70. The number of rotatable bonds is 7. The van der Waals surface area contributed by atoms with Gasteiger partial charge in [-0.2, -0.15) is 4.98 Å². The SMILES string of the molecule is COCCC[C@@]1(C(=O)O)CCCN(c2noc(C3CC3)n2)C1. The smallest absolute Gasteiger partial charge is 0.311 e. The highest BCUT2D eigenvalue weighted by molar-refractivity contribution is 5.75. The first-order valence-corrected chi connectivity index (χ1v) is 7.95. The van der Waals surface area contributed by atoms with Crippen LogP contribution in [0, 0.1) is 5.41 Å². The molecule has 1 saturated carbocycles. The van der Waals surface area contributed by atoms with Crippen LogP contribution in [0.4, 0.5) is 5.95 Å². The van der Waals surface area contributed by atoms with Crippen molar-refractivity contribution in [3.05, 3.63) is 5.89 Å². The van der Waals surface area contributed by atoms with Gasteiger partial charge in [0.15, 0.2) is 0 Å². The monoisotopic (exact) mass is 309 g/mol. The number of carboxylic acids is 1. The average molecular weight is 309 g/mol. The summed E-state index contributed by atoms with van der Waals surface area (Å²) in [5.74, 6) is 0.913. The highest BCUT2D eigenvalue weighted by atomic mass is 16.5. The van der Waals surface area contributed by atoms with E-state index in [-0.39, 0.29) is 0 Å². The topological polar surface area (TPSA) is 88.7 Å². The van der Waals surface area contributed by atoms with Crippen molar-refractivity contribution in [1.82, 2.24) is 10.1 Å². The van der Waals surface area contributed by atoms with Crippen molar-refractivity contribution < 1.29 is 19.2 Å². The third kappa shape index (κ3) is 3.09. The minimum absolute atomic E-state index is 0.414. The fourth-order valence-electron chi connectivity index (χ4n) is 3.19. The zero-order chi connectivity index (χ0) is 15.6. The molecule has 7 nitrogen and oxygen atoms in total. The van der Waals surface area contributed by atoms with Crippen LogP contribution in [-0.4, -0.2) is 48.0 Å². The lowest BCUT2D eigenvalue weighted by atomic mass is 9.76. The number of nitrogens with zero attached hydrogens (tertiary/aromatic N) is 3. The maximum atomic E-state index is 11.8. The molecule has 0 amide bonds. The molecule has 2 fully saturated rings. The quantitative estimate of drug-likeness (QED) is 0.771. The zero-order valence-electron chi connectivity index (χ0n) is 13.0. The van der Waals surface area contributed by atoms with Crippen LogP contribution in [0.15, 0.2) is 4.52 Å². The molecule has 3 rings (SSSR count). The van der Waals surface area contributed by atoms with Gasteiger partial charge in [0.2, 0.25) is 5.89 Å². The van der Waals surface area contributed by atoms with Crippen molar-refractivity contribution in [2.75, 3.05) is 31.7 Å². The Labute approximate surface area is 129 Å². The molecule has 1 aliphatic carbocycles. The molecule has 2 aliphatic rings. The van der Waals surface area contributed by atoms with Crippen LogP contribution >= 0.6 is 0 Å². The van der Waals surface area contributed by atoms with E-state index >= 15 is 0 Å². The predicted octanol–water partition coefficient (Wildman–Crippen LogP) is 2.04. The van der Waals surface area contributed by atoms with Gasteiger partial charge in [-0.05, 0) is 43.7 Å². The van der Waals surface area contributed by atoms with E-state index < -0.39 is 11.4 Å². The summed E-state index contributed by atoms with van der Waals surface area (Å²) in [4.78, 5) is 18.2. The van der Waals surface area contributed by atoms with Gasteiger partial charge in [-0.3, -0.25) is 4.79 Å².